The van der Waals surface area contributed by atoms with Crippen LogP contribution in [0.5, 0.6) is 0 Å². The van der Waals surface area contributed by atoms with E-state index in [-0.39, 0.29) is 5.41 Å². The largest absolute Gasteiger partial charge is 0.513 e. The van der Waals surface area contributed by atoms with Crippen molar-refractivity contribution in [1.29, 1.82) is 0 Å². The van der Waals surface area contributed by atoms with Gasteiger partial charge in [0.15, 0.2) is 0 Å². The van der Waals surface area contributed by atoms with Gasteiger partial charge in [0.25, 0.3) is 0 Å². The third-order valence-electron chi connectivity index (χ3n) is 5.14. The zero-order chi connectivity index (χ0) is 16.7. The van der Waals surface area contributed by atoms with Gasteiger partial charge >= 0.3 is 0 Å². The van der Waals surface area contributed by atoms with E-state index in [1.165, 1.54) is 48.8 Å². The number of rotatable bonds is 6. The standard InChI is InChI=1S/C22H30O/c1-4-19(10-9-11-21(23)5-2)22(16-7-6-8-17-22)20-14-12-18(3)13-15-20/h4,10-15,23H,1,5-9,16-17H2,2-3H3/b19-10+,21-11+. The van der Waals surface area contributed by atoms with Crippen LogP contribution in [0.25, 0.3) is 0 Å². The van der Waals surface area contributed by atoms with Crippen molar-refractivity contribution in [1.82, 2.24) is 0 Å². The van der Waals surface area contributed by atoms with Crippen molar-refractivity contribution in [2.24, 2.45) is 0 Å². The number of allylic oxidation sites excluding steroid dienone is 5. The van der Waals surface area contributed by atoms with Gasteiger partial charge in [0.2, 0.25) is 0 Å². The van der Waals surface area contributed by atoms with Crippen LogP contribution in [-0.4, -0.2) is 5.11 Å². The normalized spacial score (nSPS) is 18.7. The minimum Gasteiger partial charge on any atom is -0.513 e. The first kappa shape index (κ1) is 17.6. The van der Waals surface area contributed by atoms with Gasteiger partial charge in [0.1, 0.15) is 0 Å². The lowest BCUT2D eigenvalue weighted by molar-refractivity contribution is 0.344. The average Bonchev–Trinajstić information content (AvgIpc) is 2.59. The van der Waals surface area contributed by atoms with E-state index in [2.05, 4.69) is 43.8 Å². The highest BCUT2D eigenvalue weighted by atomic mass is 16.3. The number of aliphatic hydroxyl groups is 1. The Balaban J connectivity index is 2.37. The third-order valence-corrected chi connectivity index (χ3v) is 5.14. The van der Waals surface area contributed by atoms with Gasteiger partial charge in [-0.1, -0.05) is 74.7 Å². The van der Waals surface area contributed by atoms with E-state index in [1.54, 1.807) is 0 Å². The molecule has 0 saturated heterocycles. The predicted molar refractivity (Wildman–Crippen MR) is 99.8 cm³/mol. The maximum atomic E-state index is 9.67. The van der Waals surface area contributed by atoms with E-state index < -0.39 is 0 Å². The highest BCUT2D eigenvalue weighted by molar-refractivity contribution is 5.43. The van der Waals surface area contributed by atoms with Crippen LogP contribution in [-0.2, 0) is 5.41 Å². The van der Waals surface area contributed by atoms with E-state index in [0.717, 1.165) is 6.42 Å². The Morgan fingerprint density at radius 3 is 2.35 bits per heavy atom. The summed E-state index contributed by atoms with van der Waals surface area (Å²) in [6.45, 7) is 8.20. The summed E-state index contributed by atoms with van der Waals surface area (Å²) in [5.74, 6) is 0.470. The molecule has 1 aromatic rings. The van der Waals surface area contributed by atoms with Gasteiger partial charge in [0, 0.05) is 11.8 Å². The SMILES string of the molecule is C=C/C(=C\C/C=C(/O)CC)C1(c2ccc(C)cc2)CCCCC1. The zero-order valence-corrected chi connectivity index (χ0v) is 14.6. The number of benzene rings is 1. The lowest BCUT2D eigenvalue weighted by Crippen LogP contribution is -2.30. The second-order valence-electron chi connectivity index (χ2n) is 6.66. The van der Waals surface area contributed by atoms with E-state index in [0.29, 0.717) is 12.2 Å². The van der Waals surface area contributed by atoms with Gasteiger partial charge < -0.3 is 5.11 Å². The molecule has 0 aliphatic heterocycles. The number of hydrogen-bond acceptors (Lipinski definition) is 1. The van der Waals surface area contributed by atoms with Crippen LogP contribution in [0.2, 0.25) is 0 Å². The van der Waals surface area contributed by atoms with Crippen molar-refractivity contribution < 1.29 is 5.11 Å². The van der Waals surface area contributed by atoms with Crippen molar-refractivity contribution in [3.8, 4) is 0 Å². The molecule has 0 bridgehead atoms. The molecule has 2 rings (SSSR count). The van der Waals surface area contributed by atoms with E-state index in [1.807, 2.05) is 19.1 Å². The van der Waals surface area contributed by atoms with E-state index >= 15 is 0 Å². The summed E-state index contributed by atoms with van der Waals surface area (Å²) in [6.07, 6.45) is 13.9. The second-order valence-corrected chi connectivity index (χ2v) is 6.66. The first-order valence-electron chi connectivity index (χ1n) is 8.90. The molecular weight excluding hydrogens is 280 g/mol. The van der Waals surface area contributed by atoms with Crippen LogP contribution in [0.1, 0.15) is 63.0 Å². The smallest absolute Gasteiger partial charge is 0.0883 e. The summed E-state index contributed by atoms with van der Waals surface area (Å²) in [7, 11) is 0. The monoisotopic (exact) mass is 310 g/mol. The Morgan fingerprint density at radius 1 is 1.13 bits per heavy atom. The van der Waals surface area contributed by atoms with Crippen molar-refractivity contribution in [2.45, 2.75) is 64.2 Å². The fraction of sp³-hybridized carbons (Fsp3) is 0.455. The Morgan fingerprint density at radius 2 is 1.78 bits per heavy atom. The zero-order valence-electron chi connectivity index (χ0n) is 14.6. The maximum Gasteiger partial charge on any atom is 0.0883 e. The molecule has 0 radical (unpaired) electrons. The van der Waals surface area contributed by atoms with Crippen molar-refractivity contribution in [2.75, 3.05) is 0 Å². The summed E-state index contributed by atoms with van der Waals surface area (Å²) >= 11 is 0. The molecule has 0 unspecified atom stereocenters. The van der Waals surface area contributed by atoms with Crippen LogP contribution < -0.4 is 0 Å². The summed E-state index contributed by atoms with van der Waals surface area (Å²) in [5.41, 5.74) is 4.14. The molecule has 23 heavy (non-hydrogen) atoms. The summed E-state index contributed by atoms with van der Waals surface area (Å²) in [6, 6.07) is 9.01. The van der Waals surface area contributed by atoms with Gasteiger partial charge in [-0.2, -0.15) is 0 Å². The fourth-order valence-corrected chi connectivity index (χ4v) is 3.71. The molecule has 1 heteroatoms. The number of hydrogen-bond donors (Lipinski definition) is 1. The Labute approximate surface area is 141 Å². The van der Waals surface area contributed by atoms with Gasteiger partial charge in [-0.15, -0.1) is 0 Å². The van der Waals surface area contributed by atoms with Crippen LogP contribution >= 0.6 is 0 Å². The van der Waals surface area contributed by atoms with Crippen LogP contribution in [0.15, 0.2) is 60.4 Å². The molecule has 1 fully saturated rings. The Bertz CT molecular complexity index is 568. The van der Waals surface area contributed by atoms with Crippen LogP contribution in [0, 0.1) is 6.92 Å². The molecule has 1 aromatic carbocycles. The lowest BCUT2D eigenvalue weighted by Gasteiger charge is -2.39. The molecule has 0 atom stereocenters. The minimum absolute atomic E-state index is 0.101. The van der Waals surface area contributed by atoms with Crippen molar-refractivity contribution >= 4 is 0 Å². The predicted octanol–water partition coefficient (Wildman–Crippen LogP) is 6.55. The molecule has 0 aromatic heterocycles. The minimum atomic E-state index is 0.101. The first-order chi connectivity index (χ1) is 11.1. The lowest BCUT2D eigenvalue weighted by atomic mass is 9.64. The third kappa shape index (κ3) is 4.16. The van der Waals surface area contributed by atoms with Crippen LogP contribution in [0.3, 0.4) is 0 Å². The molecule has 0 amide bonds. The molecule has 0 heterocycles. The molecule has 1 saturated carbocycles. The molecule has 124 valence electrons. The molecule has 1 aliphatic rings. The van der Waals surface area contributed by atoms with Gasteiger partial charge in [0.05, 0.1) is 5.76 Å². The maximum absolute atomic E-state index is 9.67. The van der Waals surface area contributed by atoms with Crippen LogP contribution in [0.4, 0.5) is 0 Å². The Kier molecular flexibility index (Phi) is 6.27. The highest BCUT2D eigenvalue weighted by Gasteiger charge is 2.35. The summed E-state index contributed by atoms with van der Waals surface area (Å²) in [4.78, 5) is 0. The van der Waals surface area contributed by atoms with Gasteiger partial charge in [-0.25, -0.2) is 0 Å². The molecular formula is C22H30O. The summed E-state index contributed by atoms with van der Waals surface area (Å²) in [5, 5.41) is 9.67. The van der Waals surface area contributed by atoms with E-state index in [4.69, 9.17) is 0 Å². The van der Waals surface area contributed by atoms with Crippen molar-refractivity contribution in [3.63, 3.8) is 0 Å². The van der Waals surface area contributed by atoms with Gasteiger partial charge in [-0.05, 0) is 43.4 Å². The summed E-state index contributed by atoms with van der Waals surface area (Å²) < 4.78 is 0. The van der Waals surface area contributed by atoms with Crippen molar-refractivity contribution in [3.05, 3.63) is 71.5 Å². The molecule has 1 aliphatic carbocycles. The number of aliphatic hydroxyl groups excluding tert-OH is 1. The van der Waals surface area contributed by atoms with E-state index in [9.17, 15) is 5.11 Å². The highest BCUT2D eigenvalue weighted by Crippen LogP contribution is 2.45. The molecule has 1 nitrogen and oxygen atoms in total. The number of aryl methyl sites for hydroxylation is 1. The molecule has 0 spiro atoms. The first-order valence-corrected chi connectivity index (χ1v) is 8.90. The average molecular weight is 310 g/mol. The quantitative estimate of drug-likeness (QED) is 0.466. The second kappa shape index (κ2) is 8.19. The molecule has 1 N–H and O–H groups in total. The van der Waals surface area contributed by atoms with Gasteiger partial charge in [-0.3, -0.25) is 0 Å². The Hall–Kier alpha value is -1.76. The fourth-order valence-electron chi connectivity index (χ4n) is 3.71. The topological polar surface area (TPSA) is 20.2 Å².